The normalized spacial score (nSPS) is 22.3. The molecule has 8 nitrogen and oxygen atoms in total. The number of amides is 1. The van der Waals surface area contributed by atoms with Crippen molar-refractivity contribution in [1.29, 1.82) is 0 Å². The minimum Gasteiger partial charge on any atom is -0.465 e. The maximum absolute atomic E-state index is 14.7. The number of carbonyl (C=O) groups is 2. The minimum atomic E-state index is -0.482. The lowest BCUT2D eigenvalue weighted by Gasteiger charge is -2.41. The molecule has 1 heterocycles. The number of nitrogens with one attached hydrogen (secondary N) is 2. The lowest BCUT2D eigenvalue weighted by Crippen LogP contribution is -2.41. The topological polar surface area (TPSA) is 94.7 Å². The van der Waals surface area contributed by atoms with Crippen LogP contribution in [0.5, 0.6) is 0 Å². The number of carbonyl (C=O) groups excluding carboxylic acids is 2. The zero-order valence-corrected chi connectivity index (χ0v) is 35.0. The first-order chi connectivity index (χ1) is 26.0. The van der Waals surface area contributed by atoms with E-state index in [1.807, 2.05) is 33.8 Å². The van der Waals surface area contributed by atoms with Crippen LogP contribution in [0.4, 0.5) is 20.2 Å². The Morgan fingerprint density at radius 3 is 1.58 bits per heavy atom. The monoisotopic (exact) mass is 762 g/mol. The molecule has 2 saturated carbocycles. The van der Waals surface area contributed by atoms with Gasteiger partial charge in [-0.2, -0.15) is 0 Å². The van der Waals surface area contributed by atoms with Crippen LogP contribution in [0, 0.1) is 63.0 Å². The van der Waals surface area contributed by atoms with Crippen molar-refractivity contribution in [3.8, 4) is 0 Å². The van der Waals surface area contributed by atoms with Gasteiger partial charge in [-0.15, -0.1) is 0 Å². The molecule has 2 fully saturated rings. The molecule has 3 aromatic rings. The second-order valence-corrected chi connectivity index (χ2v) is 16.5. The number of H-pyrrole nitrogens is 1. The third kappa shape index (κ3) is 10.8. The highest BCUT2D eigenvalue weighted by atomic mass is 19.1. The molecule has 5 rings (SSSR count). The Morgan fingerprint density at radius 2 is 1.16 bits per heavy atom. The van der Waals surface area contributed by atoms with E-state index in [9.17, 15) is 23.2 Å². The molecule has 2 aliphatic carbocycles. The van der Waals surface area contributed by atoms with Crippen LogP contribution in [-0.2, 0) is 11.3 Å². The van der Waals surface area contributed by atoms with Crippen molar-refractivity contribution in [3.05, 3.63) is 91.4 Å². The number of aromatic amines is 1. The third-order valence-corrected chi connectivity index (χ3v) is 11.7. The minimum absolute atomic E-state index is 0.0979. The van der Waals surface area contributed by atoms with E-state index in [1.54, 1.807) is 12.1 Å². The maximum atomic E-state index is 14.7. The van der Waals surface area contributed by atoms with Crippen LogP contribution >= 0.6 is 0 Å². The summed E-state index contributed by atoms with van der Waals surface area (Å²) in [5.41, 5.74) is 5.70. The van der Waals surface area contributed by atoms with E-state index in [2.05, 4.69) is 61.6 Å². The predicted octanol–water partition coefficient (Wildman–Crippen LogP) is 9.59. The fourth-order valence-corrected chi connectivity index (χ4v) is 9.42. The molecule has 0 radical (unpaired) electrons. The molecule has 2 unspecified atom stereocenters. The van der Waals surface area contributed by atoms with Crippen LogP contribution in [0.3, 0.4) is 0 Å². The number of methoxy groups -OCH3 is 1. The van der Waals surface area contributed by atoms with Gasteiger partial charge in [-0.1, -0.05) is 27.7 Å². The van der Waals surface area contributed by atoms with Gasteiger partial charge in [-0.05, 0) is 151 Å². The van der Waals surface area contributed by atoms with Crippen molar-refractivity contribution in [2.45, 2.75) is 126 Å². The Hall–Kier alpha value is -4.21. The van der Waals surface area contributed by atoms with Gasteiger partial charge in [-0.25, -0.2) is 13.6 Å². The van der Waals surface area contributed by atoms with Crippen molar-refractivity contribution in [1.82, 2.24) is 10.3 Å². The summed E-state index contributed by atoms with van der Waals surface area (Å²) in [6.07, 6.45) is 6.85. The summed E-state index contributed by atoms with van der Waals surface area (Å²) in [7, 11) is 1.33. The SMILES string of the molecule is CCN(c1cc(F)cc(C(=O)NCc2c(C)cc(C)[nH]c2=O)c1C)C1C[C@@H](C)C[C@@H](C)C1.CCN(c1cc(F)cc(C(=O)OC)c1C)C1C[C@@H](C)C[C@@H](C)C1. The lowest BCUT2D eigenvalue weighted by atomic mass is 9.79. The zero-order chi connectivity index (χ0) is 40.7. The molecule has 10 heteroatoms. The Kier molecular flexibility index (Phi) is 15.1. The van der Waals surface area contributed by atoms with Gasteiger partial charge in [0.2, 0.25) is 0 Å². The molecule has 6 atom stereocenters. The van der Waals surface area contributed by atoms with Crippen molar-refractivity contribution < 1.29 is 23.1 Å². The van der Waals surface area contributed by atoms with Crippen molar-refractivity contribution >= 4 is 23.3 Å². The second kappa shape index (κ2) is 19.1. The number of ether oxygens (including phenoxy) is 1. The molecule has 0 aliphatic heterocycles. The Labute approximate surface area is 327 Å². The second-order valence-electron chi connectivity index (χ2n) is 16.5. The molecule has 55 heavy (non-hydrogen) atoms. The van der Waals surface area contributed by atoms with Crippen molar-refractivity contribution in [3.63, 3.8) is 0 Å². The van der Waals surface area contributed by atoms with Crippen LogP contribution in [0.25, 0.3) is 0 Å². The predicted molar refractivity (Wildman–Crippen MR) is 219 cm³/mol. The fraction of sp³-hybridized carbons (Fsp3) is 0.578. The summed E-state index contributed by atoms with van der Waals surface area (Å²) in [5, 5.41) is 2.82. The summed E-state index contributed by atoms with van der Waals surface area (Å²) in [6.45, 7) is 22.4. The average Bonchev–Trinajstić information content (AvgIpc) is 3.10. The van der Waals surface area contributed by atoms with Gasteiger partial charge in [0.05, 0.1) is 12.7 Å². The first-order valence-electron chi connectivity index (χ1n) is 20.2. The summed E-state index contributed by atoms with van der Waals surface area (Å²) in [5.74, 6) is 0.944. The number of halogens is 2. The molecule has 302 valence electrons. The first kappa shape index (κ1) is 43.5. The van der Waals surface area contributed by atoms with Crippen LogP contribution in [0.2, 0.25) is 0 Å². The number of pyridine rings is 1. The van der Waals surface area contributed by atoms with E-state index in [0.717, 1.165) is 72.5 Å². The number of anilines is 2. The number of esters is 1. The number of nitrogens with zero attached hydrogens (tertiary/aromatic N) is 2. The molecule has 2 aliphatic rings. The van der Waals surface area contributed by atoms with Gasteiger partial charge in [0.1, 0.15) is 11.6 Å². The van der Waals surface area contributed by atoms with Gasteiger partial charge >= 0.3 is 5.97 Å². The Bertz CT molecular complexity index is 1860. The number of benzene rings is 2. The molecular formula is C45H64F2N4O4. The van der Waals surface area contributed by atoms with Crippen LogP contribution in [-0.4, -0.2) is 49.1 Å². The lowest BCUT2D eigenvalue weighted by molar-refractivity contribution is 0.0599. The third-order valence-electron chi connectivity index (χ3n) is 11.7. The molecule has 0 bridgehead atoms. The highest BCUT2D eigenvalue weighted by molar-refractivity contribution is 5.97. The van der Waals surface area contributed by atoms with Gasteiger partial charge in [0, 0.05) is 59.9 Å². The largest absolute Gasteiger partial charge is 0.465 e. The average molecular weight is 763 g/mol. The van der Waals surface area contributed by atoms with Gasteiger partial charge in [-0.3, -0.25) is 9.59 Å². The highest BCUT2D eigenvalue weighted by Gasteiger charge is 2.31. The summed E-state index contributed by atoms with van der Waals surface area (Å²) < 4.78 is 33.5. The fourth-order valence-electron chi connectivity index (χ4n) is 9.42. The van der Waals surface area contributed by atoms with Crippen LogP contribution in [0.15, 0.2) is 35.1 Å². The van der Waals surface area contributed by atoms with Crippen molar-refractivity contribution in [2.75, 3.05) is 30.0 Å². The highest BCUT2D eigenvalue weighted by Crippen LogP contribution is 2.37. The van der Waals surface area contributed by atoms with E-state index < -0.39 is 11.8 Å². The Balaban J connectivity index is 0.000000258. The van der Waals surface area contributed by atoms with Gasteiger partial charge in [0.15, 0.2) is 0 Å². The molecule has 0 spiro atoms. The smallest absolute Gasteiger partial charge is 0.338 e. The number of rotatable bonds is 10. The van der Waals surface area contributed by atoms with Gasteiger partial charge in [0.25, 0.3) is 11.5 Å². The number of aryl methyl sites for hydroxylation is 2. The first-order valence-corrected chi connectivity index (χ1v) is 20.2. The quantitative estimate of drug-likeness (QED) is 0.200. The van der Waals surface area contributed by atoms with Crippen LogP contribution < -0.4 is 20.7 Å². The van der Waals surface area contributed by atoms with E-state index in [1.165, 1.54) is 32.1 Å². The van der Waals surface area contributed by atoms with E-state index in [4.69, 9.17) is 4.74 Å². The summed E-state index contributed by atoms with van der Waals surface area (Å²) in [6, 6.07) is 8.27. The Morgan fingerprint density at radius 1 is 0.727 bits per heavy atom. The van der Waals surface area contributed by atoms with E-state index in [-0.39, 0.29) is 23.8 Å². The van der Waals surface area contributed by atoms with Gasteiger partial charge < -0.3 is 24.8 Å². The molecule has 2 N–H and O–H groups in total. The standard InChI is InChI=1S/C26H36FN3O2.C19H28FNO2/c1-7-30(21-9-15(2)8-16(3)10-21)24-13-20(27)12-22(19(24)6)25(31)28-14-23-17(4)11-18(5)29-26(23)32;1-6-21(16-8-12(2)7-13(3)9-16)18-11-15(20)10-17(14(18)4)19(22)23-5/h11-13,15-16,21H,7-10,14H2,1-6H3,(H,28,31)(H,29,32);10-13,16H,6-9H2,1-5H3/t15-,16+,21?;12-,13+,16?. The summed E-state index contributed by atoms with van der Waals surface area (Å²) >= 11 is 0. The van der Waals surface area contributed by atoms with Crippen molar-refractivity contribution in [2.24, 2.45) is 23.7 Å². The van der Waals surface area contributed by atoms with Crippen LogP contribution in [0.1, 0.15) is 129 Å². The molecular weight excluding hydrogens is 699 g/mol. The molecule has 2 aromatic carbocycles. The molecule has 0 saturated heterocycles. The number of hydrogen-bond donors (Lipinski definition) is 2. The van der Waals surface area contributed by atoms with E-state index >= 15 is 0 Å². The maximum Gasteiger partial charge on any atom is 0.338 e. The number of hydrogen-bond acceptors (Lipinski definition) is 6. The summed E-state index contributed by atoms with van der Waals surface area (Å²) in [4.78, 5) is 44.5. The molecule has 1 aromatic heterocycles. The zero-order valence-electron chi connectivity index (χ0n) is 35.0. The molecule has 1 amide bonds. The number of aromatic nitrogens is 1. The van der Waals surface area contributed by atoms with E-state index in [0.29, 0.717) is 52.4 Å².